The van der Waals surface area contributed by atoms with Gasteiger partial charge in [0.1, 0.15) is 11.7 Å². The number of benzene rings is 1. The lowest BCUT2D eigenvalue weighted by molar-refractivity contribution is -0.143. The minimum atomic E-state index is -0.633. The Morgan fingerprint density at radius 3 is 2.54 bits per heavy atom. The number of aliphatic imine (C=N–C) groups is 1. The number of ether oxygens (including phenoxy) is 2. The molecule has 1 aromatic carbocycles. The van der Waals surface area contributed by atoms with Gasteiger partial charge in [0.15, 0.2) is 5.78 Å². The Kier molecular flexibility index (Phi) is 5.46. The normalized spacial score (nSPS) is 24.0. The summed E-state index contributed by atoms with van der Waals surface area (Å²) in [7, 11) is 1.37. The third kappa shape index (κ3) is 3.75. The highest BCUT2D eigenvalue weighted by Gasteiger charge is 2.46. The molecule has 1 unspecified atom stereocenters. The summed E-state index contributed by atoms with van der Waals surface area (Å²) in [6, 6.07) is 7.64. The van der Waals surface area contributed by atoms with E-state index in [2.05, 4.69) is 13.8 Å². The van der Waals surface area contributed by atoms with Crippen molar-refractivity contribution in [2.45, 2.75) is 59.5 Å². The molecule has 0 aromatic heterocycles. The SMILES string of the molecule is COC(=O)C1C(C)=NC2=C(C(=O)CC(C)(C)C2)[C@@H]1c1ccccc1OC(C)C. The molecule has 1 heterocycles. The maximum absolute atomic E-state index is 13.2. The van der Waals surface area contributed by atoms with Gasteiger partial charge in [-0.25, -0.2) is 0 Å². The van der Waals surface area contributed by atoms with Crippen LogP contribution in [-0.2, 0) is 14.3 Å². The molecule has 1 aliphatic carbocycles. The van der Waals surface area contributed by atoms with Crippen molar-refractivity contribution in [1.29, 1.82) is 0 Å². The van der Waals surface area contributed by atoms with Crippen LogP contribution in [0.4, 0.5) is 0 Å². The van der Waals surface area contributed by atoms with Gasteiger partial charge >= 0.3 is 5.97 Å². The lowest BCUT2D eigenvalue weighted by Crippen LogP contribution is -2.39. The van der Waals surface area contributed by atoms with Crippen molar-refractivity contribution in [2.75, 3.05) is 7.11 Å². The number of Topliss-reactive ketones (excluding diaryl/α,β-unsaturated/α-hetero) is 1. The number of rotatable bonds is 4. The highest BCUT2D eigenvalue weighted by molar-refractivity contribution is 6.09. The van der Waals surface area contributed by atoms with Crippen LogP contribution in [0.3, 0.4) is 0 Å². The molecule has 1 aromatic rings. The van der Waals surface area contributed by atoms with Gasteiger partial charge in [-0.3, -0.25) is 14.6 Å². The monoisotopic (exact) mass is 383 g/mol. The third-order valence-corrected chi connectivity index (χ3v) is 5.37. The van der Waals surface area contributed by atoms with Gasteiger partial charge in [-0.1, -0.05) is 32.0 Å². The molecule has 0 saturated carbocycles. The molecule has 3 rings (SSSR count). The summed E-state index contributed by atoms with van der Waals surface area (Å²) in [5.41, 5.74) is 2.81. The van der Waals surface area contributed by atoms with Crippen molar-refractivity contribution < 1.29 is 19.1 Å². The molecule has 0 amide bonds. The molecular weight excluding hydrogens is 354 g/mol. The number of hydrogen-bond acceptors (Lipinski definition) is 5. The molecule has 28 heavy (non-hydrogen) atoms. The number of carbonyl (C=O) groups is 2. The smallest absolute Gasteiger partial charge is 0.315 e. The number of hydrogen-bond donors (Lipinski definition) is 0. The highest BCUT2D eigenvalue weighted by Crippen LogP contribution is 2.49. The quantitative estimate of drug-likeness (QED) is 0.720. The highest BCUT2D eigenvalue weighted by atomic mass is 16.5. The van der Waals surface area contributed by atoms with E-state index in [9.17, 15) is 9.59 Å². The van der Waals surface area contributed by atoms with E-state index in [1.54, 1.807) is 0 Å². The number of para-hydroxylation sites is 1. The van der Waals surface area contributed by atoms with Crippen LogP contribution in [0, 0.1) is 11.3 Å². The molecule has 0 saturated heterocycles. The standard InChI is InChI=1S/C23H29NO4/c1-13(2)28-18-10-8-7-9-15(18)20-19(22(26)27-6)14(3)24-16-11-23(4,5)12-17(25)21(16)20/h7-10,13,19-20H,11-12H2,1-6H3/t19?,20-/m1/s1. The first-order chi connectivity index (χ1) is 13.1. The Labute approximate surface area is 166 Å². The molecule has 5 heteroatoms. The molecule has 0 N–H and O–H groups in total. The second kappa shape index (κ2) is 7.53. The first-order valence-electron chi connectivity index (χ1n) is 9.79. The van der Waals surface area contributed by atoms with Crippen molar-refractivity contribution in [3.63, 3.8) is 0 Å². The molecule has 0 fully saturated rings. The molecule has 0 radical (unpaired) electrons. The van der Waals surface area contributed by atoms with Gasteiger partial charge in [0.25, 0.3) is 0 Å². The third-order valence-electron chi connectivity index (χ3n) is 5.37. The number of carbonyl (C=O) groups excluding carboxylic acids is 2. The van der Waals surface area contributed by atoms with E-state index >= 15 is 0 Å². The van der Waals surface area contributed by atoms with Crippen molar-refractivity contribution in [3.8, 4) is 5.75 Å². The first-order valence-corrected chi connectivity index (χ1v) is 9.79. The zero-order valence-corrected chi connectivity index (χ0v) is 17.5. The second-order valence-electron chi connectivity index (χ2n) is 8.74. The maximum Gasteiger partial charge on any atom is 0.315 e. The minimum absolute atomic E-state index is 0.0227. The van der Waals surface area contributed by atoms with Gasteiger partial charge < -0.3 is 9.47 Å². The fourth-order valence-corrected chi connectivity index (χ4v) is 4.31. The Bertz CT molecular complexity index is 863. The van der Waals surface area contributed by atoms with E-state index < -0.39 is 11.8 Å². The zero-order valence-electron chi connectivity index (χ0n) is 17.5. The maximum atomic E-state index is 13.2. The van der Waals surface area contributed by atoms with Gasteiger partial charge in [-0.15, -0.1) is 0 Å². The molecule has 2 aliphatic rings. The Balaban J connectivity index is 2.22. The predicted octanol–water partition coefficient (Wildman–Crippen LogP) is 4.46. The van der Waals surface area contributed by atoms with Crippen LogP contribution < -0.4 is 4.74 Å². The largest absolute Gasteiger partial charge is 0.491 e. The predicted molar refractivity (Wildman–Crippen MR) is 109 cm³/mol. The average molecular weight is 383 g/mol. The van der Waals surface area contributed by atoms with Gasteiger partial charge in [0.05, 0.1) is 13.2 Å². The van der Waals surface area contributed by atoms with Gasteiger partial charge in [-0.2, -0.15) is 0 Å². The van der Waals surface area contributed by atoms with Crippen LogP contribution >= 0.6 is 0 Å². The lowest BCUT2D eigenvalue weighted by atomic mass is 9.66. The van der Waals surface area contributed by atoms with Crippen molar-refractivity contribution in [1.82, 2.24) is 0 Å². The fourth-order valence-electron chi connectivity index (χ4n) is 4.31. The van der Waals surface area contributed by atoms with Crippen LogP contribution in [0.1, 0.15) is 58.9 Å². The van der Waals surface area contributed by atoms with Crippen LogP contribution in [0.5, 0.6) is 5.75 Å². The van der Waals surface area contributed by atoms with E-state index in [1.807, 2.05) is 45.0 Å². The number of methoxy groups -OCH3 is 1. The number of nitrogens with zero attached hydrogens (tertiary/aromatic N) is 1. The second-order valence-corrected chi connectivity index (χ2v) is 8.74. The van der Waals surface area contributed by atoms with E-state index in [4.69, 9.17) is 14.5 Å². The van der Waals surface area contributed by atoms with Crippen LogP contribution in [0.2, 0.25) is 0 Å². The van der Waals surface area contributed by atoms with Gasteiger partial charge in [0.2, 0.25) is 0 Å². The van der Waals surface area contributed by atoms with Crippen molar-refractivity contribution in [3.05, 3.63) is 41.1 Å². The van der Waals surface area contributed by atoms with Crippen molar-refractivity contribution in [2.24, 2.45) is 16.3 Å². The number of allylic oxidation sites excluding steroid dienone is 2. The zero-order chi connectivity index (χ0) is 20.6. The minimum Gasteiger partial charge on any atom is -0.491 e. The Morgan fingerprint density at radius 1 is 1.21 bits per heavy atom. The summed E-state index contributed by atoms with van der Waals surface area (Å²) in [6.45, 7) is 9.92. The van der Waals surface area contributed by atoms with Gasteiger partial charge in [0, 0.05) is 34.9 Å². The molecule has 0 spiro atoms. The summed E-state index contributed by atoms with van der Waals surface area (Å²) in [5, 5.41) is 0. The molecule has 5 nitrogen and oxygen atoms in total. The summed E-state index contributed by atoms with van der Waals surface area (Å²) in [6.07, 6.45) is 1.13. The van der Waals surface area contributed by atoms with Gasteiger partial charge in [-0.05, 0) is 38.7 Å². The summed E-state index contributed by atoms with van der Waals surface area (Å²) in [4.78, 5) is 30.6. The van der Waals surface area contributed by atoms with Crippen LogP contribution in [0.25, 0.3) is 0 Å². The van der Waals surface area contributed by atoms with E-state index in [0.29, 0.717) is 29.9 Å². The van der Waals surface area contributed by atoms with E-state index in [1.165, 1.54) is 7.11 Å². The Morgan fingerprint density at radius 2 is 1.89 bits per heavy atom. The first kappa shape index (κ1) is 20.3. The molecule has 0 bridgehead atoms. The number of ketones is 1. The van der Waals surface area contributed by atoms with E-state index in [0.717, 1.165) is 11.3 Å². The fraction of sp³-hybridized carbons (Fsp3) is 0.522. The molecule has 150 valence electrons. The summed E-state index contributed by atoms with van der Waals surface area (Å²) >= 11 is 0. The topological polar surface area (TPSA) is 65.0 Å². The molecular formula is C23H29NO4. The summed E-state index contributed by atoms with van der Waals surface area (Å²) < 4.78 is 11.1. The molecule has 2 atom stereocenters. The average Bonchev–Trinajstić information content (AvgIpc) is 2.59. The van der Waals surface area contributed by atoms with Crippen LogP contribution in [-0.4, -0.2) is 30.7 Å². The van der Waals surface area contributed by atoms with Crippen LogP contribution in [0.15, 0.2) is 40.5 Å². The number of esters is 1. The van der Waals surface area contributed by atoms with E-state index in [-0.39, 0.29) is 23.3 Å². The Hall–Kier alpha value is -2.43. The lowest BCUT2D eigenvalue weighted by Gasteiger charge is -2.39. The van der Waals surface area contributed by atoms with Crippen molar-refractivity contribution >= 4 is 17.5 Å². The molecule has 1 aliphatic heterocycles. The summed E-state index contributed by atoms with van der Waals surface area (Å²) in [5.74, 6) is -0.713.